The smallest absolute Gasteiger partial charge is 0.243 e. The molecule has 2 heterocycles. The first-order valence-corrected chi connectivity index (χ1v) is 15.2. The van der Waals surface area contributed by atoms with Gasteiger partial charge in [-0.3, -0.25) is 19.2 Å². The van der Waals surface area contributed by atoms with Crippen LogP contribution < -0.4 is 21.3 Å². The number of H-pyrrole nitrogens is 1. The van der Waals surface area contributed by atoms with Crippen molar-refractivity contribution < 1.29 is 19.2 Å². The highest BCUT2D eigenvalue weighted by Gasteiger charge is 2.30. The van der Waals surface area contributed by atoms with E-state index in [-0.39, 0.29) is 49.6 Å². The highest BCUT2D eigenvalue weighted by molar-refractivity contribution is 5.94. The van der Waals surface area contributed by atoms with Crippen LogP contribution in [-0.4, -0.2) is 53.3 Å². The first-order valence-electron chi connectivity index (χ1n) is 15.2. The van der Waals surface area contributed by atoms with Crippen molar-refractivity contribution >= 4 is 34.5 Å². The molecule has 42 heavy (non-hydrogen) atoms. The zero-order chi connectivity index (χ0) is 29.3. The lowest BCUT2D eigenvalue weighted by Gasteiger charge is -2.30. The molecule has 0 unspecified atom stereocenters. The Morgan fingerprint density at radius 3 is 2.19 bits per heavy atom. The van der Waals surface area contributed by atoms with Gasteiger partial charge >= 0.3 is 0 Å². The van der Waals surface area contributed by atoms with Gasteiger partial charge in [-0.05, 0) is 29.5 Å². The Bertz CT molecular complexity index is 1380. The van der Waals surface area contributed by atoms with Crippen LogP contribution in [0.15, 0.2) is 60.8 Å². The summed E-state index contributed by atoms with van der Waals surface area (Å²) in [6.45, 7) is 0.290. The molecule has 0 bridgehead atoms. The first-order chi connectivity index (χ1) is 20.4. The average molecular weight is 572 g/mol. The zero-order valence-corrected chi connectivity index (χ0v) is 24.0. The minimum Gasteiger partial charge on any atom is -0.361 e. The lowest BCUT2D eigenvalue weighted by Crippen LogP contribution is -2.57. The minimum atomic E-state index is -0.924. The third-order valence-corrected chi connectivity index (χ3v) is 8.48. The van der Waals surface area contributed by atoms with E-state index in [1.54, 1.807) is 0 Å². The van der Waals surface area contributed by atoms with Gasteiger partial charge in [0.2, 0.25) is 23.6 Å². The lowest BCUT2D eigenvalue weighted by atomic mass is 9.84. The van der Waals surface area contributed by atoms with Crippen molar-refractivity contribution in [1.29, 1.82) is 0 Å². The van der Waals surface area contributed by atoms with Crippen molar-refractivity contribution in [2.24, 2.45) is 5.92 Å². The molecule has 3 aromatic rings. The van der Waals surface area contributed by atoms with Crippen molar-refractivity contribution in [2.75, 3.05) is 6.54 Å². The van der Waals surface area contributed by atoms with Crippen LogP contribution in [0.25, 0.3) is 10.9 Å². The standard InChI is InChI=1S/C33H41N5O4/c39-30-15-16-31(40)37-29(19-24-20-34-27-14-8-7-13-26(24)27)33(42)38-28(18-23-11-5-2-6-12-23)32(41)36-25(21-35-30)17-22-9-3-1-4-10-22/h2,5-8,11-14,20,22,25,28-29,34H,1,3-4,9-10,15-19,21H2,(H,35,39)(H,36,41)(H,37,40)(H,38,42)/t25-,28+,29+/m1/s1. The maximum absolute atomic E-state index is 13.8. The number of carbonyl (C=O) groups is 4. The largest absolute Gasteiger partial charge is 0.361 e. The zero-order valence-electron chi connectivity index (χ0n) is 24.0. The molecule has 1 aliphatic carbocycles. The van der Waals surface area contributed by atoms with Crippen LogP contribution in [0, 0.1) is 5.92 Å². The molecule has 1 aromatic heterocycles. The van der Waals surface area contributed by atoms with Gasteiger partial charge in [-0.2, -0.15) is 0 Å². The highest BCUT2D eigenvalue weighted by atomic mass is 16.2. The quantitative estimate of drug-likeness (QED) is 0.311. The van der Waals surface area contributed by atoms with E-state index in [4.69, 9.17) is 0 Å². The second-order valence-electron chi connectivity index (χ2n) is 11.7. The molecule has 9 nitrogen and oxygen atoms in total. The summed E-state index contributed by atoms with van der Waals surface area (Å²) in [5.41, 5.74) is 2.72. The third kappa shape index (κ3) is 7.99. The summed E-state index contributed by atoms with van der Waals surface area (Å²) < 4.78 is 0. The molecular weight excluding hydrogens is 530 g/mol. The molecule has 2 fully saturated rings. The van der Waals surface area contributed by atoms with E-state index in [0.29, 0.717) is 12.3 Å². The number of hydrogen-bond donors (Lipinski definition) is 5. The van der Waals surface area contributed by atoms with Crippen LogP contribution >= 0.6 is 0 Å². The Hall–Kier alpha value is -4.14. The first kappa shape index (κ1) is 29.4. The summed E-state index contributed by atoms with van der Waals surface area (Å²) in [6.07, 6.45) is 8.93. The molecule has 5 N–H and O–H groups in total. The summed E-state index contributed by atoms with van der Waals surface area (Å²) in [7, 11) is 0. The van der Waals surface area contributed by atoms with Crippen LogP contribution in [0.4, 0.5) is 0 Å². The average Bonchev–Trinajstić information content (AvgIpc) is 3.41. The van der Waals surface area contributed by atoms with Gasteiger partial charge in [0, 0.05) is 55.4 Å². The number of hydrogen-bond acceptors (Lipinski definition) is 4. The fourth-order valence-corrected chi connectivity index (χ4v) is 6.20. The molecule has 2 aromatic carbocycles. The van der Waals surface area contributed by atoms with Crippen LogP contribution in [0.2, 0.25) is 0 Å². The second-order valence-corrected chi connectivity index (χ2v) is 11.7. The molecule has 0 radical (unpaired) electrons. The number of aromatic amines is 1. The summed E-state index contributed by atoms with van der Waals surface area (Å²) in [5, 5.41) is 12.9. The minimum absolute atomic E-state index is 0.00792. The molecule has 9 heteroatoms. The molecule has 1 saturated carbocycles. The van der Waals surface area contributed by atoms with Crippen LogP contribution in [0.1, 0.15) is 62.5 Å². The molecule has 1 saturated heterocycles. The van der Waals surface area contributed by atoms with E-state index in [9.17, 15) is 19.2 Å². The summed E-state index contributed by atoms with van der Waals surface area (Å²) in [4.78, 5) is 56.5. The molecule has 0 spiro atoms. The maximum atomic E-state index is 13.8. The second kappa shape index (κ2) is 14.2. The van der Waals surface area contributed by atoms with Crippen molar-refractivity contribution in [1.82, 2.24) is 26.3 Å². The Morgan fingerprint density at radius 2 is 1.38 bits per heavy atom. The van der Waals surface area contributed by atoms with Crippen molar-refractivity contribution in [3.05, 3.63) is 71.9 Å². The molecule has 3 atom stereocenters. The molecule has 4 amide bonds. The summed E-state index contributed by atoms with van der Waals surface area (Å²) >= 11 is 0. The number of aromatic nitrogens is 1. The van der Waals surface area contributed by atoms with Crippen LogP contribution in [-0.2, 0) is 32.0 Å². The lowest BCUT2D eigenvalue weighted by molar-refractivity contribution is -0.133. The monoisotopic (exact) mass is 571 g/mol. The van der Waals surface area contributed by atoms with Gasteiger partial charge in [-0.25, -0.2) is 0 Å². The van der Waals surface area contributed by atoms with Gasteiger partial charge in [0.05, 0.1) is 0 Å². The highest BCUT2D eigenvalue weighted by Crippen LogP contribution is 2.27. The Labute approximate surface area is 246 Å². The topological polar surface area (TPSA) is 132 Å². The van der Waals surface area contributed by atoms with E-state index >= 15 is 0 Å². The van der Waals surface area contributed by atoms with Crippen LogP contribution in [0.5, 0.6) is 0 Å². The number of para-hydroxylation sites is 1. The summed E-state index contributed by atoms with van der Waals surface area (Å²) in [6, 6.07) is 15.3. The number of rotatable bonds is 6. The predicted octanol–water partition coefficient (Wildman–Crippen LogP) is 3.29. The third-order valence-electron chi connectivity index (χ3n) is 8.48. The van der Waals surface area contributed by atoms with Gasteiger partial charge < -0.3 is 26.3 Å². The fraction of sp³-hybridized carbons (Fsp3) is 0.455. The van der Waals surface area contributed by atoms with Gasteiger partial charge in [0.1, 0.15) is 12.1 Å². The van der Waals surface area contributed by atoms with E-state index in [0.717, 1.165) is 41.3 Å². The number of amides is 4. The fourth-order valence-electron chi connectivity index (χ4n) is 6.20. The Balaban J connectivity index is 1.40. The van der Waals surface area contributed by atoms with Gasteiger partial charge in [-0.15, -0.1) is 0 Å². The van der Waals surface area contributed by atoms with E-state index < -0.39 is 18.0 Å². The van der Waals surface area contributed by atoms with Gasteiger partial charge in [-0.1, -0.05) is 80.6 Å². The SMILES string of the molecule is O=C1CCC(=O)N[C@@H](Cc2c[nH]c3ccccc23)C(=O)N[C@@H](Cc2ccccc2)C(=O)N[C@H](CC2CCCCC2)CN1. The Morgan fingerprint density at radius 1 is 0.690 bits per heavy atom. The van der Waals surface area contributed by atoms with E-state index in [1.807, 2.05) is 60.8 Å². The van der Waals surface area contributed by atoms with Crippen molar-refractivity contribution in [3.8, 4) is 0 Å². The predicted molar refractivity (Wildman–Crippen MR) is 161 cm³/mol. The normalized spacial score (nSPS) is 23.4. The molecular formula is C33H41N5O4. The van der Waals surface area contributed by atoms with E-state index in [2.05, 4.69) is 26.3 Å². The molecule has 1 aliphatic heterocycles. The molecule has 222 valence electrons. The number of fused-ring (bicyclic) bond motifs is 1. The number of benzene rings is 2. The van der Waals surface area contributed by atoms with Gasteiger partial charge in [0.25, 0.3) is 0 Å². The maximum Gasteiger partial charge on any atom is 0.243 e. The van der Waals surface area contributed by atoms with Crippen LogP contribution in [0.3, 0.4) is 0 Å². The number of nitrogens with one attached hydrogen (secondary N) is 5. The van der Waals surface area contributed by atoms with Crippen molar-refractivity contribution in [3.63, 3.8) is 0 Å². The summed E-state index contributed by atoms with van der Waals surface area (Å²) in [5.74, 6) is -0.881. The van der Waals surface area contributed by atoms with Gasteiger partial charge in [0.15, 0.2) is 0 Å². The number of carbonyl (C=O) groups excluding carboxylic acids is 4. The van der Waals surface area contributed by atoms with Crippen molar-refractivity contribution in [2.45, 2.75) is 82.3 Å². The Kier molecular flexibility index (Phi) is 9.90. The van der Waals surface area contributed by atoms with E-state index in [1.165, 1.54) is 19.3 Å². The molecule has 5 rings (SSSR count). The molecule has 2 aliphatic rings.